The van der Waals surface area contributed by atoms with Gasteiger partial charge in [0, 0.05) is 12.1 Å². The van der Waals surface area contributed by atoms with Gasteiger partial charge in [0.2, 0.25) is 5.89 Å². The van der Waals surface area contributed by atoms with Gasteiger partial charge in [-0.05, 0) is 42.3 Å². The Morgan fingerprint density at radius 2 is 2.04 bits per heavy atom. The van der Waals surface area contributed by atoms with Crippen molar-refractivity contribution in [2.75, 3.05) is 7.11 Å². The number of rotatable bonds is 7. The van der Waals surface area contributed by atoms with Crippen molar-refractivity contribution in [1.82, 2.24) is 4.98 Å². The molecule has 0 radical (unpaired) electrons. The first-order valence-electron chi connectivity index (χ1n) is 8.21. The number of fused-ring (bicyclic) bond motifs is 1. The molecular weight excluding hydrogens is 338 g/mol. The van der Waals surface area contributed by atoms with Crippen molar-refractivity contribution < 1.29 is 13.9 Å². The van der Waals surface area contributed by atoms with E-state index in [1.807, 2.05) is 54.6 Å². The first-order valence-corrected chi connectivity index (χ1v) is 8.65. The summed E-state index contributed by atoms with van der Waals surface area (Å²) in [5.74, 6) is 2.03. The van der Waals surface area contributed by atoms with E-state index in [4.69, 9.17) is 25.5 Å². The minimum Gasteiger partial charge on any atom is -0.497 e. The van der Waals surface area contributed by atoms with Crippen LogP contribution in [0.4, 0.5) is 0 Å². The fraction of sp³-hybridized carbons (Fsp3) is 0.250. The van der Waals surface area contributed by atoms with Gasteiger partial charge < -0.3 is 13.9 Å². The Labute approximate surface area is 152 Å². The van der Waals surface area contributed by atoms with Crippen molar-refractivity contribution in [3.05, 3.63) is 53.9 Å². The quantitative estimate of drug-likeness (QED) is 0.505. The van der Waals surface area contributed by atoms with E-state index < -0.39 is 0 Å². The third kappa shape index (κ3) is 4.54. The molecule has 0 saturated carbocycles. The molecule has 0 aliphatic heterocycles. The molecule has 1 atom stereocenters. The standard InChI is InChI=1S/C20H20ClNO3/c1-3-5-19(21)24-16-7-4-6-14(12-16)8-11-20-22-17-10-9-15(23-2)13-18(17)25-20/h4,6-13,19H,3,5H2,1-2H3/b11-8+. The Hall–Kier alpha value is -2.46. The number of nitrogens with zero attached hydrogens (tertiary/aromatic N) is 1. The van der Waals surface area contributed by atoms with Gasteiger partial charge in [-0.25, -0.2) is 4.98 Å². The lowest BCUT2D eigenvalue weighted by Gasteiger charge is -2.11. The summed E-state index contributed by atoms with van der Waals surface area (Å²) >= 11 is 6.14. The second-order valence-corrected chi connectivity index (χ2v) is 6.09. The number of hydrogen-bond acceptors (Lipinski definition) is 4. The van der Waals surface area contributed by atoms with Gasteiger partial charge in [0.05, 0.1) is 7.11 Å². The third-order valence-corrected chi connectivity index (χ3v) is 3.98. The van der Waals surface area contributed by atoms with Crippen LogP contribution in [0.1, 0.15) is 31.2 Å². The van der Waals surface area contributed by atoms with Crippen LogP contribution < -0.4 is 9.47 Å². The molecule has 0 aliphatic rings. The molecule has 3 aromatic rings. The van der Waals surface area contributed by atoms with Gasteiger partial charge in [0.1, 0.15) is 17.0 Å². The largest absolute Gasteiger partial charge is 0.497 e. The van der Waals surface area contributed by atoms with Gasteiger partial charge in [-0.3, -0.25) is 0 Å². The van der Waals surface area contributed by atoms with E-state index in [2.05, 4.69) is 11.9 Å². The predicted octanol–water partition coefficient (Wildman–Crippen LogP) is 5.75. The van der Waals surface area contributed by atoms with E-state index in [1.54, 1.807) is 7.11 Å². The van der Waals surface area contributed by atoms with Crippen LogP contribution in [0.3, 0.4) is 0 Å². The Kier molecular flexibility index (Phi) is 5.61. The molecule has 5 heteroatoms. The summed E-state index contributed by atoms with van der Waals surface area (Å²) in [6, 6.07) is 13.3. The normalized spacial score (nSPS) is 12.6. The summed E-state index contributed by atoms with van der Waals surface area (Å²) < 4.78 is 16.6. The molecule has 0 fully saturated rings. The molecule has 1 unspecified atom stereocenters. The molecule has 0 saturated heterocycles. The summed E-state index contributed by atoms with van der Waals surface area (Å²) in [5.41, 5.74) is 2.16. The molecule has 4 nitrogen and oxygen atoms in total. The number of hydrogen-bond donors (Lipinski definition) is 0. The van der Waals surface area contributed by atoms with Crippen molar-refractivity contribution >= 4 is 34.9 Å². The van der Waals surface area contributed by atoms with Crippen LogP contribution in [-0.2, 0) is 0 Å². The average molecular weight is 358 g/mol. The van der Waals surface area contributed by atoms with E-state index in [9.17, 15) is 0 Å². The van der Waals surface area contributed by atoms with E-state index >= 15 is 0 Å². The highest BCUT2D eigenvalue weighted by atomic mass is 35.5. The number of alkyl halides is 1. The van der Waals surface area contributed by atoms with E-state index in [-0.39, 0.29) is 5.56 Å². The van der Waals surface area contributed by atoms with E-state index in [0.29, 0.717) is 11.5 Å². The minimum absolute atomic E-state index is 0.309. The highest BCUT2D eigenvalue weighted by molar-refractivity contribution is 6.19. The van der Waals surface area contributed by atoms with Crippen LogP contribution in [0, 0.1) is 0 Å². The maximum absolute atomic E-state index is 6.14. The maximum Gasteiger partial charge on any atom is 0.220 e. The van der Waals surface area contributed by atoms with Crippen LogP contribution in [0.2, 0.25) is 0 Å². The fourth-order valence-electron chi connectivity index (χ4n) is 2.41. The zero-order chi connectivity index (χ0) is 17.6. The summed E-state index contributed by atoms with van der Waals surface area (Å²) in [7, 11) is 1.62. The van der Waals surface area contributed by atoms with Crippen molar-refractivity contribution in [2.24, 2.45) is 0 Å². The predicted molar refractivity (Wildman–Crippen MR) is 101 cm³/mol. The van der Waals surface area contributed by atoms with Crippen LogP contribution in [-0.4, -0.2) is 17.7 Å². The lowest BCUT2D eigenvalue weighted by atomic mass is 10.2. The average Bonchev–Trinajstić information content (AvgIpc) is 3.02. The number of halogens is 1. The molecule has 0 amide bonds. The van der Waals surface area contributed by atoms with Crippen LogP contribution in [0.25, 0.3) is 23.3 Å². The number of benzene rings is 2. The SMILES string of the molecule is CCCC(Cl)Oc1cccc(/C=C/c2nc3ccc(OC)cc3o2)c1. The van der Waals surface area contributed by atoms with Crippen LogP contribution in [0.15, 0.2) is 46.9 Å². The van der Waals surface area contributed by atoms with Gasteiger partial charge in [-0.15, -0.1) is 0 Å². The van der Waals surface area contributed by atoms with Crippen LogP contribution in [0.5, 0.6) is 11.5 Å². The van der Waals surface area contributed by atoms with Crippen molar-refractivity contribution in [1.29, 1.82) is 0 Å². The molecule has 0 aliphatic carbocycles. The highest BCUT2D eigenvalue weighted by Crippen LogP contribution is 2.23. The summed E-state index contributed by atoms with van der Waals surface area (Å²) in [6.07, 6.45) is 5.55. The van der Waals surface area contributed by atoms with Gasteiger partial charge in [-0.1, -0.05) is 37.1 Å². The topological polar surface area (TPSA) is 44.5 Å². The zero-order valence-corrected chi connectivity index (χ0v) is 15.0. The molecule has 1 heterocycles. The van der Waals surface area contributed by atoms with Crippen molar-refractivity contribution in [2.45, 2.75) is 25.3 Å². The molecule has 25 heavy (non-hydrogen) atoms. The molecular formula is C20H20ClNO3. The third-order valence-electron chi connectivity index (χ3n) is 3.67. The summed E-state index contributed by atoms with van der Waals surface area (Å²) in [6.45, 7) is 2.08. The minimum atomic E-state index is -0.309. The van der Waals surface area contributed by atoms with Gasteiger partial charge in [0.15, 0.2) is 11.1 Å². The van der Waals surface area contributed by atoms with Gasteiger partial charge >= 0.3 is 0 Å². The number of oxazole rings is 1. The second-order valence-electron chi connectivity index (χ2n) is 5.61. The molecule has 0 N–H and O–H groups in total. The second kappa shape index (κ2) is 8.08. The lowest BCUT2D eigenvalue weighted by molar-refractivity contribution is 0.269. The molecule has 130 valence electrons. The molecule has 3 rings (SSSR count). The van der Waals surface area contributed by atoms with Crippen molar-refractivity contribution in [3.63, 3.8) is 0 Å². The maximum atomic E-state index is 6.14. The lowest BCUT2D eigenvalue weighted by Crippen LogP contribution is -2.07. The van der Waals surface area contributed by atoms with Crippen LogP contribution >= 0.6 is 11.6 Å². The van der Waals surface area contributed by atoms with Gasteiger partial charge in [0.25, 0.3) is 0 Å². The molecule has 1 aromatic heterocycles. The molecule has 2 aromatic carbocycles. The molecule has 0 bridgehead atoms. The smallest absolute Gasteiger partial charge is 0.220 e. The number of aromatic nitrogens is 1. The van der Waals surface area contributed by atoms with Crippen molar-refractivity contribution in [3.8, 4) is 11.5 Å². The number of ether oxygens (including phenoxy) is 2. The monoisotopic (exact) mass is 357 g/mol. The zero-order valence-electron chi connectivity index (χ0n) is 14.2. The van der Waals surface area contributed by atoms with Gasteiger partial charge in [-0.2, -0.15) is 0 Å². The number of methoxy groups -OCH3 is 1. The Morgan fingerprint density at radius 3 is 2.84 bits per heavy atom. The summed E-state index contributed by atoms with van der Waals surface area (Å²) in [5, 5.41) is 0. The van der Waals surface area contributed by atoms with E-state index in [1.165, 1.54) is 0 Å². The summed E-state index contributed by atoms with van der Waals surface area (Å²) in [4.78, 5) is 4.44. The fourth-order valence-corrected chi connectivity index (χ4v) is 2.73. The first-order chi connectivity index (χ1) is 12.2. The first kappa shape index (κ1) is 17.4. The highest BCUT2D eigenvalue weighted by Gasteiger charge is 2.06. The Bertz CT molecular complexity index is 872. The Balaban J connectivity index is 1.75. The molecule has 0 spiro atoms. The van der Waals surface area contributed by atoms with E-state index in [0.717, 1.165) is 35.4 Å². The Morgan fingerprint density at radius 1 is 1.16 bits per heavy atom.